The first kappa shape index (κ1) is 11.2. The van der Waals surface area contributed by atoms with E-state index in [2.05, 4.69) is 0 Å². The van der Waals surface area contributed by atoms with Gasteiger partial charge in [-0.25, -0.2) is 4.79 Å². The summed E-state index contributed by atoms with van der Waals surface area (Å²) >= 11 is 1.62. The van der Waals surface area contributed by atoms with Crippen LogP contribution in [0.3, 0.4) is 0 Å². The second-order valence-electron chi connectivity index (χ2n) is 3.80. The number of rotatable bonds is 4. The van der Waals surface area contributed by atoms with Gasteiger partial charge in [0.05, 0.1) is 0 Å². The number of carbonyl (C=O) groups excluding carboxylic acids is 1. The quantitative estimate of drug-likeness (QED) is 0.645. The molecule has 3 nitrogen and oxygen atoms in total. The molecule has 2 rings (SSSR count). The molecule has 16 heavy (non-hydrogen) atoms. The molecule has 0 bridgehead atoms. The van der Waals surface area contributed by atoms with Crippen LogP contribution in [0.25, 0.3) is 0 Å². The first-order chi connectivity index (χ1) is 7.68. The standard InChI is InChI=1S/C12H12O3S/c13-11(12(14)15)9-6-1-2-7-10(9)16-8-4-3-5-8/h1-2,6-8H,3-5H2,(H,14,15). The minimum Gasteiger partial charge on any atom is -0.475 e. The van der Waals surface area contributed by atoms with Crippen LogP contribution in [-0.4, -0.2) is 22.1 Å². The van der Waals surface area contributed by atoms with Crippen LogP contribution in [0.5, 0.6) is 0 Å². The van der Waals surface area contributed by atoms with Crippen LogP contribution in [0.4, 0.5) is 0 Å². The van der Waals surface area contributed by atoms with Gasteiger partial charge in [0.1, 0.15) is 0 Å². The third-order valence-electron chi connectivity index (χ3n) is 2.67. The van der Waals surface area contributed by atoms with E-state index in [4.69, 9.17) is 5.11 Å². The summed E-state index contributed by atoms with van der Waals surface area (Å²) in [7, 11) is 0. The van der Waals surface area contributed by atoms with Crippen molar-refractivity contribution < 1.29 is 14.7 Å². The van der Waals surface area contributed by atoms with Crippen LogP contribution in [-0.2, 0) is 4.79 Å². The van der Waals surface area contributed by atoms with Gasteiger partial charge in [0.25, 0.3) is 5.78 Å². The fraction of sp³-hybridized carbons (Fsp3) is 0.333. The second kappa shape index (κ2) is 4.70. The van der Waals surface area contributed by atoms with Gasteiger partial charge in [0, 0.05) is 15.7 Å². The summed E-state index contributed by atoms with van der Waals surface area (Å²) in [5, 5.41) is 9.25. The lowest BCUT2D eigenvalue weighted by molar-refractivity contribution is -0.131. The molecule has 4 heteroatoms. The molecule has 0 amide bonds. The minimum atomic E-state index is -1.39. The van der Waals surface area contributed by atoms with E-state index in [1.807, 2.05) is 12.1 Å². The van der Waals surface area contributed by atoms with Crippen LogP contribution in [0, 0.1) is 0 Å². The van der Waals surface area contributed by atoms with Crippen molar-refractivity contribution >= 4 is 23.5 Å². The molecule has 1 N–H and O–H groups in total. The average molecular weight is 236 g/mol. The van der Waals surface area contributed by atoms with Gasteiger partial charge in [-0.15, -0.1) is 11.8 Å². The maximum Gasteiger partial charge on any atom is 0.377 e. The highest BCUT2D eigenvalue weighted by molar-refractivity contribution is 8.00. The Morgan fingerprint density at radius 3 is 2.50 bits per heavy atom. The number of carboxylic acid groups (broad SMARTS) is 1. The highest BCUT2D eigenvalue weighted by Gasteiger charge is 2.23. The molecule has 0 aliphatic heterocycles. The molecule has 0 aromatic heterocycles. The number of ketones is 1. The number of benzene rings is 1. The van der Waals surface area contributed by atoms with Gasteiger partial charge in [-0.05, 0) is 25.0 Å². The summed E-state index contributed by atoms with van der Waals surface area (Å²) in [6.07, 6.45) is 3.53. The van der Waals surface area contributed by atoms with E-state index < -0.39 is 11.8 Å². The first-order valence-electron chi connectivity index (χ1n) is 5.22. The highest BCUT2D eigenvalue weighted by atomic mass is 32.2. The van der Waals surface area contributed by atoms with Crippen LogP contribution < -0.4 is 0 Å². The summed E-state index contributed by atoms with van der Waals surface area (Å²) in [6.45, 7) is 0. The molecule has 1 aliphatic rings. The number of thioether (sulfide) groups is 1. The summed E-state index contributed by atoms with van der Waals surface area (Å²) in [5.41, 5.74) is 0.312. The number of Topliss-reactive ketones (excluding diaryl/α,β-unsaturated/α-hetero) is 1. The Balaban J connectivity index is 2.22. The van der Waals surface area contributed by atoms with Crippen LogP contribution in [0.1, 0.15) is 29.6 Å². The zero-order valence-corrected chi connectivity index (χ0v) is 9.50. The smallest absolute Gasteiger partial charge is 0.377 e. The van der Waals surface area contributed by atoms with Crippen molar-refractivity contribution in [2.24, 2.45) is 0 Å². The van der Waals surface area contributed by atoms with Gasteiger partial charge < -0.3 is 5.11 Å². The Hall–Kier alpha value is -1.29. The van der Waals surface area contributed by atoms with Gasteiger partial charge in [0.2, 0.25) is 0 Å². The Labute approximate surface area is 97.9 Å². The van der Waals surface area contributed by atoms with E-state index in [1.165, 1.54) is 6.42 Å². The van der Waals surface area contributed by atoms with E-state index >= 15 is 0 Å². The second-order valence-corrected chi connectivity index (χ2v) is 5.14. The average Bonchev–Trinajstić information content (AvgIpc) is 2.23. The van der Waals surface area contributed by atoms with Crippen molar-refractivity contribution in [2.45, 2.75) is 29.4 Å². The van der Waals surface area contributed by atoms with Crippen molar-refractivity contribution in [3.8, 4) is 0 Å². The Bertz CT molecular complexity index is 424. The number of hydrogen-bond acceptors (Lipinski definition) is 3. The summed E-state index contributed by atoms with van der Waals surface area (Å²) in [5.74, 6) is -2.20. The van der Waals surface area contributed by atoms with Crippen molar-refractivity contribution in [3.63, 3.8) is 0 Å². The van der Waals surface area contributed by atoms with Gasteiger partial charge in [-0.3, -0.25) is 4.79 Å². The molecule has 84 valence electrons. The highest BCUT2D eigenvalue weighted by Crippen LogP contribution is 2.37. The Kier molecular flexibility index (Phi) is 3.29. The molecule has 0 saturated heterocycles. The van der Waals surface area contributed by atoms with Crippen LogP contribution >= 0.6 is 11.8 Å². The first-order valence-corrected chi connectivity index (χ1v) is 6.10. The number of hydrogen-bond donors (Lipinski definition) is 1. The third-order valence-corrected chi connectivity index (χ3v) is 4.09. The monoisotopic (exact) mass is 236 g/mol. The van der Waals surface area contributed by atoms with E-state index in [9.17, 15) is 9.59 Å². The lowest BCUT2D eigenvalue weighted by Crippen LogP contribution is -2.16. The normalized spacial score (nSPS) is 15.5. The van der Waals surface area contributed by atoms with Crippen LogP contribution in [0.15, 0.2) is 29.2 Å². The number of carboxylic acids is 1. The molecular weight excluding hydrogens is 224 g/mol. The van der Waals surface area contributed by atoms with E-state index in [0.717, 1.165) is 17.7 Å². The zero-order valence-electron chi connectivity index (χ0n) is 8.68. The number of aliphatic carboxylic acids is 1. The fourth-order valence-electron chi connectivity index (χ4n) is 1.54. The molecule has 0 spiro atoms. The molecule has 1 fully saturated rings. The minimum absolute atomic E-state index is 0.312. The molecule has 0 unspecified atom stereocenters. The largest absolute Gasteiger partial charge is 0.475 e. The fourth-order valence-corrected chi connectivity index (χ4v) is 2.91. The van der Waals surface area contributed by atoms with Crippen molar-refractivity contribution in [2.75, 3.05) is 0 Å². The predicted molar refractivity (Wildman–Crippen MR) is 61.9 cm³/mol. The molecule has 0 atom stereocenters. The molecule has 1 aromatic rings. The molecule has 1 aromatic carbocycles. The molecule has 1 aliphatic carbocycles. The summed E-state index contributed by atoms with van der Waals surface area (Å²) in [6, 6.07) is 6.93. The maximum absolute atomic E-state index is 11.4. The molecular formula is C12H12O3S. The summed E-state index contributed by atoms with van der Waals surface area (Å²) < 4.78 is 0. The molecule has 1 saturated carbocycles. The van der Waals surface area contributed by atoms with Crippen molar-refractivity contribution in [1.29, 1.82) is 0 Å². The van der Waals surface area contributed by atoms with Gasteiger partial charge in [-0.2, -0.15) is 0 Å². The van der Waals surface area contributed by atoms with Gasteiger partial charge in [-0.1, -0.05) is 18.6 Å². The van der Waals surface area contributed by atoms with Gasteiger partial charge >= 0.3 is 5.97 Å². The Morgan fingerprint density at radius 1 is 1.25 bits per heavy atom. The molecule has 0 radical (unpaired) electrons. The van der Waals surface area contributed by atoms with E-state index in [-0.39, 0.29) is 0 Å². The number of carbonyl (C=O) groups is 2. The third kappa shape index (κ3) is 2.27. The van der Waals surface area contributed by atoms with Gasteiger partial charge in [0.15, 0.2) is 0 Å². The lowest BCUT2D eigenvalue weighted by atomic mass is 10.00. The molecule has 0 heterocycles. The predicted octanol–water partition coefficient (Wildman–Crippen LogP) is 2.60. The van der Waals surface area contributed by atoms with E-state index in [1.54, 1.807) is 23.9 Å². The maximum atomic E-state index is 11.4. The Morgan fingerprint density at radius 2 is 1.94 bits per heavy atom. The zero-order chi connectivity index (χ0) is 11.5. The van der Waals surface area contributed by atoms with Crippen LogP contribution in [0.2, 0.25) is 0 Å². The lowest BCUT2D eigenvalue weighted by Gasteiger charge is -2.25. The van der Waals surface area contributed by atoms with E-state index in [0.29, 0.717) is 10.8 Å². The van der Waals surface area contributed by atoms with Crippen molar-refractivity contribution in [3.05, 3.63) is 29.8 Å². The van der Waals surface area contributed by atoms with Crippen molar-refractivity contribution in [1.82, 2.24) is 0 Å². The SMILES string of the molecule is O=C(O)C(=O)c1ccccc1SC1CCC1. The topological polar surface area (TPSA) is 54.4 Å². The summed E-state index contributed by atoms with van der Waals surface area (Å²) in [4.78, 5) is 22.9.